The van der Waals surface area contributed by atoms with E-state index in [-0.39, 0.29) is 28.3 Å². The Bertz CT molecular complexity index is 686. The number of ether oxygens (including phenoxy) is 2. The molecule has 0 atom stereocenters. The molecule has 2 heterocycles. The summed E-state index contributed by atoms with van der Waals surface area (Å²) in [5.41, 5.74) is 1.10. The second-order valence-corrected chi connectivity index (χ2v) is 5.16. The third-order valence-corrected chi connectivity index (χ3v) is 3.54. The van der Waals surface area contributed by atoms with Crippen LogP contribution in [-0.4, -0.2) is 17.7 Å². The number of fused-ring (bicyclic) bond motifs is 1. The summed E-state index contributed by atoms with van der Waals surface area (Å²) in [5, 5.41) is 3.18. The maximum absolute atomic E-state index is 12.1. The van der Waals surface area contributed by atoms with Gasteiger partial charge in [0.2, 0.25) is 6.79 Å². The molecule has 0 radical (unpaired) electrons. The van der Waals surface area contributed by atoms with Crippen molar-refractivity contribution in [3.8, 4) is 11.5 Å². The number of halogens is 2. The zero-order chi connectivity index (χ0) is 14.8. The van der Waals surface area contributed by atoms with E-state index < -0.39 is 0 Å². The van der Waals surface area contributed by atoms with Crippen LogP contribution in [0.15, 0.2) is 30.6 Å². The molecule has 0 saturated heterocycles. The van der Waals surface area contributed by atoms with Crippen molar-refractivity contribution in [3.63, 3.8) is 0 Å². The number of hydrogen-bond acceptors (Lipinski definition) is 4. The molecule has 0 fully saturated rings. The number of nitrogens with one attached hydrogen (secondary N) is 1. The lowest BCUT2D eigenvalue weighted by molar-refractivity contribution is 0.0951. The van der Waals surface area contributed by atoms with Crippen LogP contribution in [0.1, 0.15) is 15.9 Å². The van der Waals surface area contributed by atoms with E-state index in [0.717, 1.165) is 5.56 Å². The van der Waals surface area contributed by atoms with Gasteiger partial charge in [-0.3, -0.25) is 9.78 Å². The normalized spacial score (nSPS) is 12.3. The second-order valence-electron chi connectivity index (χ2n) is 4.35. The topological polar surface area (TPSA) is 60.5 Å². The third-order valence-electron chi connectivity index (χ3n) is 2.97. The minimum Gasteiger partial charge on any atom is -0.454 e. The van der Waals surface area contributed by atoms with Crippen LogP contribution >= 0.6 is 23.2 Å². The van der Waals surface area contributed by atoms with Crippen molar-refractivity contribution in [2.75, 3.05) is 6.79 Å². The van der Waals surface area contributed by atoms with Crippen LogP contribution in [0.2, 0.25) is 10.0 Å². The summed E-state index contributed by atoms with van der Waals surface area (Å²) in [5.74, 6) is 1.01. The fourth-order valence-electron chi connectivity index (χ4n) is 1.95. The highest BCUT2D eigenvalue weighted by molar-refractivity contribution is 6.39. The van der Waals surface area contributed by atoms with Crippen molar-refractivity contribution >= 4 is 29.1 Å². The first-order chi connectivity index (χ1) is 10.1. The summed E-state index contributed by atoms with van der Waals surface area (Å²) in [6.07, 6.45) is 2.76. The number of rotatable bonds is 3. The Labute approximate surface area is 130 Å². The molecule has 0 bridgehead atoms. The number of hydrogen-bond donors (Lipinski definition) is 1. The molecule has 21 heavy (non-hydrogen) atoms. The standard InChI is InChI=1S/C14H10Cl2N2O3/c15-9-5-17-6-10(16)13(9)14(19)18-4-8-1-2-11-12(3-8)21-7-20-11/h1-3,5-6H,4,7H2,(H,18,19). The molecule has 2 aromatic rings. The monoisotopic (exact) mass is 324 g/mol. The molecule has 1 N–H and O–H groups in total. The molecule has 0 unspecified atom stereocenters. The fraction of sp³-hybridized carbons (Fsp3) is 0.143. The minimum absolute atomic E-state index is 0.214. The number of nitrogens with zero attached hydrogens (tertiary/aromatic N) is 1. The van der Waals surface area contributed by atoms with Gasteiger partial charge in [0.1, 0.15) is 0 Å². The first-order valence-electron chi connectivity index (χ1n) is 6.11. The number of amides is 1. The maximum atomic E-state index is 12.1. The summed E-state index contributed by atoms with van der Waals surface area (Å²) >= 11 is 11.9. The molecule has 7 heteroatoms. The van der Waals surface area contributed by atoms with Gasteiger partial charge >= 0.3 is 0 Å². The molecule has 1 aromatic carbocycles. The van der Waals surface area contributed by atoms with Crippen molar-refractivity contribution in [1.82, 2.24) is 10.3 Å². The lowest BCUT2D eigenvalue weighted by Gasteiger charge is -2.08. The molecule has 1 aliphatic heterocycles. The summed E-state index contributed by atoms with van der Waals surface area (Å²) in [6.45, 7) is 0.540. The van der Waals surface area contributed by atoms with Crippen molar-refractivity contribution in [3.05, 3.63) is 51.8 Å². The van der Waals surface area contributed by atoms with Crippen LogP contribution in [-0.2, 0) is 6.54 Å². The first kappa shape index (κ1) is 14.0. The zero-order valence-corrected chi connectivity index (χ0v) is 12.2. The van der Waals surface area contributed by atoms with Crippen LogP contribution < -0.4 is 14.8 Å². The molecule has 0 aliphatic carbocycles. The van der Waals surface area contributed by atoms with E-state index in [2.05, 4.69) is 10.3 Å². The summed E-state index contributed by atoms with van der Waals surface area (Å²) in [7, 11) is 0. The van der Waals surface area contributed by atoms with Gasteiger partial charge in [0.25, 0.3) is 5.91 Å². The number of carbonyl (C=O) groups is 1. The highest BCUT2D eigenvalue weighted by Crippen LogP contribution is 2.32. The Morgan fingerprint density at radius 1 is 1.19 bits per heavy atom. The molecule has 108 valence electrons. The number of aromatic nitrogens is 1. The highest BCUT2D eigenvalue weighted by Gasteiger charge is 2.16. The fourth-order valence-corrected chi connectivity index (χ4v) is 2.49. The van der Waals surface area contributed by atoms with Crippen LogP contribution in [0.3, 0.4) is 0 Å². The number of benzene rings is 1. The quantitative estimate of drug-likeness (QED) is 0.942. The molecule has 1 aromatic heterocycles. The van der Waals surface area contributed by atoms with Crippen LogP contribution in [0, 0.1) is 0 Å². The minimum atomic E-state index is -0.356. The largest absolute Gasteiger partial charge is 0.454 e. The summed E-state index contributed by atoms with van der Waals surface area (Å²) in [6, 6.07) is 5.47. The molecular weight excluding hydrogens is 315 g/mol. The summed E-state index contributed by atoms with van der Waals surface area (Å²) in [4.78, 5) is 15.9. The van der Waals surface area contributed by atoms with E-state index >= 15 is 0 Å². The predicted octanol–water partition coefficient (Wildman–Crippen LogP) is 3.05. The van der Waals surface area contributed by atoms with Crippen molar-refractivity contribution in [1.29, 1.82) is 0 Å². The van der Waals surface area contributed by atoms with E-state index in [4.69, 9.17) is 32.7 Å². The van der Waals surface area contributed by atoms with Gasteiger partial charge in [-0.15, -0.1) is 0 Å². The Kier molecular flexibility index (Phi) is 3.86. The highest BCUT2D eigenvalue weighted by atomic mass is 35.5. The van der Waals surface area contributed by atoms with Crippen molar-refractivity contribution in [2.45, 2.75) is 6.54 Å². The molecule has 5 nitrogen and oxygen atoms in total. The summed E-state index contributed by atoms with van der Waals surface area (Å²) < 4.78 is 10.5. The molecular formula is C14H10Cl2N2O3. The van der Waals surface area contributed by atoms with E-state index in [1.807, 2.05) is 12.1 Å². The van der Waals surface area contributed by atoms with Gasteiger partial charge in [-0.25, -0.2) is 0 Å². The van der Waals surface area contributed by atoms with Crippen LogP contribution in [0.4, 0.5) is 0 Å². The number of carbonyl (C=O) groups excluding carboxylic acids is 1. The van der Waals surface area contributed by atoms with Gasteiger partial charge in [-0.05, 0) is 17.7 Å². The Morgan fingerprint density at radius 3 is 2.67 bits per heavy atom. The van der Waals surface area contributed by atoms with Crippen LogP contribution in [0.25, 0.3) is 0 Å². The van der Waals surface area contributed by atoms with Crippen molar-refractivity contribution < 1.29 is 14.3 Å². The maximum Gasteiger partial charge on any atom is 0.254 e. The van der Waals surface area contributed by atoms with Gasteiger partial charge in [0.15, 0.2) is 11.5 Å². The molecule has 3 rings (SSSR count). The predicted molar refractivity (Wildman–Crippen MR) is 78.0 cm³/mol. The second kappa shape index (κ2) is 5.79. The van der Waals surface area contributed by atoms with Gasteiger partial charge in [-0.2, -0.15) is 0 Å². The smallest absolute Gasteiger partial charge is 0.254 e. The third kappa shape index (κ3) is 2.89. The SMILES string of the molecule is O=C(NCc1ccc2c(c1)OCO2)c1c(Cl)cncc1Cl. The zero-order valence-electron chi connectivity index (χ0n) is 10.7. The van der Waals surface area contributed by atoms with E-state index in [9.17, 15) is 4.79 Å². The van der Waals surface area contributed by atoms with Gasteiger partial charge in [0, 0.05) is 18.9 Å². The van der Waals surface area contributed by atoms with Gasteiger partial charge < -0.3 is 14.8 Å². The Balaban J connectivity index is 1.71. The number of pyridine rings is 1. The lowest BCUT2D eigenvalue weighted by Crippen LogP contribution is -2.23. The first-order valence-corrected chi connectivity index (χ1v) is 6.86. The van der Waals surface area contributed by atoms with E-state index in [0.29, 0.717) is 18.0 Å². The van der Waals surface area contributed by atoms with E-state index in [1.165, 1.54) is 12.4 Å². The lowest BCUT2D eigenvalue weighted by atomic mass is 10.2. The van der Waals surface area contributed by atoms with Crippen LogP contribution in [0.5, 0.6) is 11.5 Å². The average Bonchev–Trinajstić information content (AvgIpc) is 2.92. The van der Waals surface area contributed by atoms with Crippen molar-refractivity contribution in [2.24, 2.45) is 0 Å². The molecule has 0 spiro atoms. The van der Waals surface area contributed by atoms with Gasteiger partial charge in [0.05, 0.1) is 15.6 Å². The van der Waals surface area contributed by atoms with E-state index in [1.54, 1.807) is 6.07 Å². The average molecular weight is 325 g/mol. The Morgan fingerprint density at radius 2 is 1.90 bits per heavy atom. The molecule has 1 aliphatic rings. The molecule has 0 saturated carbocycles. The Hall–Kier alpha value is -1.98. The van der Waals surface area contributed by atoms with Gasteiger partial charge in [-0.1, -0.05) is 29.3 Å². The molecule has 1 amide bonds.